The van der Waals surface area contributed by atoms with E-state index in [9.17, 15) is 9.59 Å². The number of aromatic nitrogens is 4. The number of aliphatic carboxylic acids is 1. The van der Waals surface area contributed by atoms with Crippen LogP contribution in [0.5, 0.6) is 0 Å². The van der Waals surface area contributed by atoms with Gasteiger partial charge in [-0.15, -0.1) is 0 Å². The van der Waals surface area contributed by atoms with E-state index in [0.717, 1.165) is 12.8 Å². The Balaban J connectivity index is 1.97. The first kappa shape index (κ1) is 21.8. The highest BCUT2D eigenvalue weighted by atomic mass is 16.4. The van der Waals surface area contributed by atoms with Gasteiger partial charge >= 0.3 is 5.97 Å². The first-order valence-corrected chi connectivity index (χ1v) is 8.99. The van der Waals surface area contributed by atoms with Gasteiger partial charge in [0.25, 0.3) is 0 Å². The molecule has 0 spiro atoms. The number of anilines is 1. The van der Waals surface area contributed by atoms with Gasteiger partial charge in [0.05, 0.1) is 6.33 Å². The van der Waals surface area contributed by atoms with E-state index in [-0.39, 0.29) is 30.9 Å². The molecule has 13 heteroatoms. The number of rotatable bonds is 11. The van der Waals surface area contributed by atoms with Crippen LogP contribution in [0.2, 0.25) is 0 Å². The van der Waals surface area contributed by atoms with E-state index in [1.807, 2.05) is 0 Å². The van der Waals surface area contributed by atoms with Gasteiger partial charge in [0.2, 0.25) is 5.91 Å². The minimum absolute atomic E-state index is 0.0339. The number of nitrogens with two attached hydrogens (primary N) is 4. The number of hydrogen-bond donors (Lipinski definition) is 5. The number of carboxylic acid groups (broad SMARTS) is 1. The van der Waals surface area contributed by atoms with Crippen molar-refractivity contribution in [3.8, 4) is 0 Å². The average Bonchev–Trinajstić information content (AvgIpc) is 3.04. The third-order valence-electron chi connectivity index (χ3n) is 4.15. The molecule has 29 heavy (non-hydrogen) atoms. The summed E-state index contributed by atoms with van der Waals surface area (Å²) >= 11 is 0. The molecule has 0 aromatic carbocycles. The molecule has 158 valence electrons. The summed E-state index contributed by atoms with van der Waals surface area (Å²) in [5.41, 5.74) is 23.1. The molecule has 1 atom stereocenters. The Labute approximate surface area is 166 Å². The maximum atomic E-state index is 12.7. The number of nitrogens with zero attached hydrogens (tertiary/aromatic N) is 6. The molecule has 2 aromatic heterocycles. The number of aliphatic imine (C=N–C) groups is 1. The van der Waals surface area contributed by atoms with Crippen molar-refractivity contribution >= 4 is 34.8 Å². The lowest BCUT2D eigenvalue weighted by Crippen LogP contribution is -2.45. The molecule has 0 aliphatic rings. The van der Waals surface area contributed by atoms with Gasteiger partial charge in [-0.05, 0) is 12.8 Å². The van der Waals surface area contributed by atoms with E-state index >= 15 is 0 Å². The molecule has 2 heterocycles. The van der Waals surface area contributed by atoms with E-state index in [4.69, 9.17) is 28.0 Å². The predicted octanol–water partition coefficient (Wildman–Crippen LogP) is -1.91. The number of fused-ring (bicyclic) bond motifs is 1. The van der Waals surface area contributed by atoms with Gasteiger partial charge < -0.3 is 37.5 Å². The van der Waals surface area contributed by atoms with Gasteiger partial charge in [0.15, 0.2) is 17.4 Å². The van der Waals surface area contributed by atoms with Crippen LogP contribution in [-0.4, -0.2) is 73.0 Å². The number of carbonyl (C=O) groups excluding carboxylic acids is 1. The first-order chi connectivity index (χ1) is 13.8. The summed E-state index contributed by atoms with van der Waals surface area (Å²) in [5.74, 6) is -1.31. The van der Waals surface area contributed by atoms with Crippen molar-refractivity contribution in [3.05, 3.63) is 12.7 Å². The summed E-state index contributed by atoms with van der Waals surface area (Å²) in [6.45, 7) is 0.00439. The van der Waals surface area contributed by atoms with Crippen LogP contribution in [0.3, 0.4) is 0 Å². The van der Waals surface area contributed by atoms with Crippen LogP contribution < -0.4 is 22.9 Å². The summed E-state index contributed by atoms with van der Waals surface area (Å²) in [6.07, 6.45) is 4.76. The van der Waals surface area contributed by atoms with Crippen molar-refractivity contribution in [1.82, 2.24) is 24.4 Å². The molecule has 0 aliphatic carbocycles. The molecular formula is C16H26N10O3. The molecule has 0 radical (unpaired) electrons. The van der Waals surface area contributed by atoms with E-state index < -0.39 is 18.4 Å². The number of hydrogen-bond acceptors (Lipinski definition) is 8. The number of nitrogen functional groups attached to an aromatic ring is 1. The molecule has 0 aliphatic heterocycles. The highest BCUT2D eigenvalue weighted by Crippen LogP contribution is 2.14. The SMILES string of the molecule is NC(N)=NCCCCC(N)CN(CC(=O)O)C(=O)Cn1cnc2c(N)ncnc21. The van der Waals surface area contributed by atoms with Crippen LogP contribution in [0.1, 0.15) is 19.3 Å². The third-order valence-corrected chi connectivity index (χ3v) is 4.15. The van der Waals surface area contributed by atoms with Crippen LogP contribution in [0, 0.1) is 0 Å². The Morgan fingerprint density at radius 3 is 2.69 bits per heavy atom. The molecule has 0 saturated carbocycles. The quantitative estimate of drug-likeness (QED) is 0.158. The highest BCUT2D eigenvalue weighted by Gasteiger charge is 2.21. The van der Waals surface area contributed by atoms with E-state index in [1.54, 1.807) is 0 Å². The number of amides is 1. The zero-order chi connectivity index (χ0) is 21.4. The largest absolute Gasteiger partial charge is 0.480 e. The average molecular weight is 406 g/mol. The second-order valence-corrected chi connectivity index (χ2v) is 6.53. The Morgan fingerprint density at radius 2 is 2.00 bits per heavy atom. The molecule has 13 nitrogen and oxygen atoms in total. The van der Waals surface area contributed by atoms with Gasteiger partial charge in [0, 0.05) is 19.1 Å². The standard InChI is InChI=1S/C16H26N10O3/c17-10(3-1-2-4-21-16(19)20)5-25(7-12(28)29)11(27)6-26-9-24-13-14(18)22-8-23-15(13)26/h8-10H,1-7,17H2,(H,28,29)(H2,18,22,23)(H4,19,20,21). The van der Waals surface area contributed by atoms with Crippen LogP contribution >= 0.6 is 0 Å². The van der Waals surface area contributed by atoms with Crippen molar-refractivity contribution < 1.29 is 14.7 Å². The van der Waals surface area contributed by atoms with Crippen LogP contribution in [0.25, 0.3) is 11.2 Å². The molecule has 1 amide bonds. The summed E-state index contributed by atoms with van der Waals surface area (Å²) in [7, 11) is 0. The summed E-state index contributed by atoms with van der Waals surface area (Å²) < 4.78 is 1.49. The fourth-order valence-electron chi connectivity index (χ4n) is 2.78. The number of carboxylic acids is 1. The van der Waals surface area contributed by atoms with Crippen molar-refractivity contribution in [3.63, 3.8) is 0 Å². The van der Waals surface area contributed by atoms with E-state index in [0.29, 0.717) is 24.1 Å². The molecule has 2 rings (SSSR count). The molecule has 2 aromatic rings. The number of imidazole rings is 1. The van der Waals surface area contributed by atoms with Crippen LogP contribution in [0.4, 0.5) is 5.82 Å². The third kappa shape index (κ3) is 6.57. The minimum Gasteiger partial charge on any atom is -0.480 e. The van der Waals surface area contributed by atoms with Gasteiger partial charge in [-0.25, -0.2) is 15.0 Å². The lowest BCUT2D eigenvalue weighted by molar-refractivity contribution is -0.144. The highest BCUT2D eigenvalue weighted by molar-refractivity contribution is 5.85. The van der Waals surface area contributed by atoms with E-state index in [2.05, 4.69) is 19.9 Å². The lowest BCUT2D eigenvalue weighted by Gasteiger charge is -2.24. The van der Waals surface area contributed by atoms with Crippen molar-refractivity contribution in [2.45, 2.75) is 31.8 Å². The van der Waals surface area contributed by atoms with Crippen LogP contribution in [-0.2, 0) is 16.1 Å². The summed E-state index contributed by atoms with van der Waals surface area (Å²) in [5, 5.41) is 9.15. The second kappa shape index (κ2) is 10.2. The maximum absolute atomic E-state index is 12.7. The normalized spacial score (nSPS) is 11.9. The monoisotopic (exact) mass is 406 g/mol. The molecule has 0 fully saturated rings. The van der Waals surface area contributed by atoms with Gasteiger partial charge in [-0.2, -0.15) is 0 Å². The van der Waals surface area contributed by atoms with E-state index in [1.165, 1.54) is 22.1 Å². The summed E-state index contributed by atoms with van der Waals surface area (Å²) in [4.78, 5) is 41.0. The van der Waals surface area contributed by atoms with Gasteiger partial charge in [0.1, 0.15) is 24.9 Å². The first-order valence-electron chi connectivity index (χ1n) is 8.99. The Hall–Kier alpha value is -3.48. The molecule has 0 saturated heterocycles. The molecule has 1 unspecified atom stereocenters. The number of unbranched alkanes of at least 4 members (excludes halogenated alkanes) is 1. The predicted molar refractivity (Wildman–Crippen MR) is 106 cm³/mol. The molecule has 9 N–H and O–H groups in total. The molecule has 0 bridgehead atoms. The number of carbonyl (C=O) groups is 2. The zero-order valence-electron chi connectivity index (χ0n) is 15.9. The smallest absolute Gasteiger partial charge is 0.323 e. The minimum atomic E-state index is -1.12. The number of guanidine groups is 1. The molecular weight excluding hydrogens is 380 g/mol. The van der Waals surface area contributed by atoms with Crippen molar-refractivity contribution in [2.75, 3.05) is 25.4 Å². The Bertz CT molecular complexity index is 877. The summed E-state index contributed by atoms with van der Waals surface area (Å²) in [6, 6.07) is -0.380. The lowest BCUT2D eigenvalue weighted by atomic mass is 10.1. The van der Waals surface area contributed by atoms with Crippen LogP contribution in [0.15, 0.2) is 17.6 Å². The van der Waals surface area contributed by atoms with Crippen molar-refractivity contribution in [1.29, 1.82) is 0 Å². The zero-order valence-corrected chi connectivity index (χ0v) is 15.9. The topological polar surface area (TPSA) is 218 Å². The Morgan fingerprint density at radius 1 is 1.24 bits per heavy atom. The fraction of sp³-hybridized carbons (Fsp3) is 0.500. The van der Waals surface area contributed by atoms with Crippen molar-refractivity contribution in [2.24, 2.45) is 22.2 Å². The Kier molecular flexibility index (Phi) is 7.65. The fourth-order valence-corrected chi connectivity index (χ4v) is 2.78. The van der Waals surface area contributed by atoms with Gasteiger partial charge in [-0.1, -0.05) is 6.42 Å². The second-order valence-electron chi connectivity index (χ2n) is 6.53. The van der Waals surface area contributed by atoms with Gasteiger partial charge in [-0.3, -0.25) is 14.6 Å². The maximum Gasteiger partial charge on any atom is 0.323 e.